The van der Waals surface area contributed by atoms with Crippen molar-refractivity contribution in [3.05, 3.63) is 35.4 Å². The molecule has 2 N–H and O–H groups in total. The van der Waals surface area contributed by atoms with E-state index in [1.54, 1.807) is 0 Å². The Balaban J connectivity index is 3.01. The third-order valence-electron chi connectivity index (χ3n) is 1.40. The number of amides is 1. The van der Waals surface area contributed by atoms with Crippen LogP contribution in [0.3, 0.4) is 0 Å². The van der Waals surface area contributed by atoms with Crippen molar-refractivity contribution >= 4 is 5.91 Å². The van der Waals surface area contributed by atoms with Crippen molar-refractivity contribution < 1.29 is 18.0 Å². The van der Waals surface area contributed by atoms with Crippen LogP contribution in [-0.4, -0.2) is 5.91 Å². The zero-order valence-corrected chi connectivity index (χ0v) is 6.35. The molecule has 1 aromatic carbocycles. The van der Waals surface area contributed by atoms with Crippen LogP contribution >= 0.6 is 0 Å². The Hall–Kier alpha value is -1.52. The molecule has 0 unspecified atom stereocenters. The van der Waals surface area contributed by atoms with Gasteiger partial charge < -0.3 is 5.73 Å². The lowest BCUT2D eigenvalue weighted by Gasteiger charge is -2.05. The van der Waals surface area contributed by atoms with Gasteiger partial charge in [-0.05, 0) is 24.3 Å². The first-order chi connectivity index (χ1) is 5.91. The molecule has 0 fully saturated rings. The number of alkyl halides is 3. The molecule has 0 bridgehead atoms. The summed E-state index contributed by atoms with van der Waals surface area (Å²) < 4.78 is 35.9. The van der Waals surface area contributed by atoms with E-state index >= 15 is 0 Å². The van der Waals surface area contributed by atoms with E-state index in [9.17, 15) is 18.0 Å². The molecule has 0 aliphatic carbocycles. The van der Waals surface area contributed by atoms with Gasteiger partial charge >= 0.3 is 6.18 Å². The van der Waals surface area contributed by atoms with E-state index < -0.39 is 17.6 Å². The molecule has 1 radical (unpaired) electrons. The van der Waals surface area contributed by atoms with E-state index in [4.69, 9.17) is 5.73 Å². The standard InChI is InChI=1S/C8H5F3NO/c9-8(10,11)6-3-1-5(2-4-6)7(12)13/h1-3H,(H2,12,13). The summed E-state index contributed by atoms with van der Waals surface area (Å²) in [5.41, 5.74) is 3.92. The van der Waals surface area contributed by atoms with Crippen LogP contribution in [0.5, 0.6) is 0 Å². The second kappa shape index (κ2) is 3.08. The minimum atomic E-state index is -4.43. The number of nitrogens with two attached hydrogens (primary N) is 1. The molecule has 2 nitrogen and oxygen atoms in total. The molecule has 0 spiro atoms. The molecule has 1 rings (SSSR count). The molecule has 0 heterocycles. The molecule has 0 aliphatic heterocycles. The van der Waals surface area contributed by atoms with E-state index in [1.807, 2.05) is 6.07 Å². The second-order valence-corrected chi connectivity index (χ2v) is 2.35. The van der Waals surface area contributed by atoms with Gasteiger partial charge in [-0.15, -0.1) is 0 Å². The van der Waals surface area contributed by atoms with Crippen molar-refractivity contribution in [2.75, 3.05) is 0 Å². The van der Waals surface area contributed by atoms with Gasteiger partial charge in [-0.3, -0.25) is 4.79 Å². The summed E-state index contributed by atoms with van der Waals surface area (Å²) in [5.74, 6) is -0.773. The van der Waals surface area contributed by atoms with Crippen LogP contribution in [0, 0.1) is 6.07 Å². The Kier molecular flexibility index (Phi) is 2.27. The fourth-order valence-electron chi connectivity index (χ4n) is 0.754. The summed E-state index contributed by atoms with van der Waals surface area (Å²) in [6.07, 6.45) is -4.43. The zero-order chi connectivity index (χ0) is 10.1. The first kappa shape index (κ1) is 9.57. The Bertz CT molecular complexity index is 315. The van der Waals surface area contributed by atoms with Gasteiger partial charge in [-0.25, -0.2) is 0 Å². The lowest BCUT2D eigenvalue weighted by atomic mass is 10.1. The minimum Gasteiger partial charge on any atom is -0.366 e. The van der Waals surface area contributed by atoms with Gasteiger partial charge in [0, 0.05) is 5.56 Å². The zero-order valence-electron chi connectivity index (χ0n) is 6.35. The number of carbonyl (C=O) groups is 1. The maximum atomic E-state index is 12.0. The summed E-state index contributed by atoms with van der Waals surface area (Å²) in [6, 6.07) is 4.63. The maximum Gasteiger partial charge on any atom is 0.417 e. The van der Waals surface area contributed by atoms with Crippen molar-refractivity contribution in [3.63, 3.8) is 0 Å². The molecule has 13 heavy (non-hydrogen) atoms. The van der Waals surface area contributed by atoms with Crippen molar-refractivity contribution in [2.24, 2.45) is 5.73 Å². The predicted molar refractivity (Wildman–Crippen MR) is 38.8 cm³/mol. The van der Waals surface area contributed by atoms with Gasteiger partial charge in [-0.1, -0.05) is 0 Å². The van der Waals surface area contributed by atoms with E-state index in [-0.39, 0.29) is 5.56 Å². The molecule has 1 amide bonds. The Labute approximate surface area is 72.2 Å². The van der Waals surface area contributed by atoms with Crippen molar-refractivity contribution in [3.8, 4) is 0 Å². The number of rotatable bonds is 1. The van der Waals surface area contributed by atoms with Gasteiger partial charge in [-0.2, -0.15) is 13.2 Å². The maximum absolute atomic E-state index is 12.0. The topological polar surface area (TPSA) is 43.1 Å². The monoisotopic (exact) mass is 188 g/mol. The number of halogens is 3. The fourth-order valence-corrected chi connectivity index (χ4v) is 0.754. The highest BCUT2D eigenvalue weighted by Crippen LogP contribution is 2.28. The highest BCUT2D eigenvalue weighted by atomic mass is 19.4. The highest BCUT2D eigenvalue weighted by molar-refractivity contribution is 5.92. The van der Waals surface area contributed by atoms with Crippen LogP contribution in [0.2, 0.25) is 0 Å². The van der Waals surface area contributed by atoms with E-state index in [1.165, 1.54) is 0 Å². The Morgan fingerprint density at radius 1 is 1.38 bits per heavy atom. The van der Waals surface area contributed by atoms with Gasteiger partial charge in [0.05, 0.1) is 5.56 Å². The largest absolute Gasteiger partial charge is 0.417 e. The summed E-state index contributed by atoms with van der Waals surface area (Å²) in [5, 5.41) is 0. The smallest absolute Gasteiger partial charge is 0.366 e. The molecule has 5 heteroatoms. The lowest BCUT2D eigenvalue weighted by molar-refractivity contribution is -0.137. The van der Waals surface area contributed by atoms with Gasteiger partial charge in [0.25, 0.3) is 0 Å². The summed E-state index contributed by atoms with van der Waals surface area (Å²) in [6.45, 7) is 0. The van der Waals surface area contributed by atoms with Gasteiger partial charge in [0.2, 0.25) is 5.91 Å². The second-order valence-electron chi connectivity index (χ2n) is 2.35. The third-order valence-corrected chi connectivity index (χ3v) is 1.40. The van der Waals surface area contributed by atoms with Gasteiger partial charge in [0.15, 0.2) is 0 Å². The molecule has 0 aliphatic rings. The number of primary amides is 1. The first-order valence-corrected chi connectivity index (χ1v) is 3.30. The summed E-state index contributed by atoms with van der Waals surface area (Å²) in [4.78, 5) is 10.5. The van der Waals surface area contributed by atoms with Crippen molar-refractivity contribution in [1.29, 1.82) is 0 Å². The normalized spacial score (nSPS) is 11.3. The third kappa shape index (κ3) is 2.21. The molecule has 1 aromatic rings. The van der Waals surface area contributed by atoms with Crippen molar-refractivity contribution in [2.45, 2.75) is 6.18 Å². The molecule has 0 aromatic heterocycles. The molecular weight excluding hydrogens is 183 g/mol. The van der Waals surface area contributed by atoms with Crippen LogP contribution in [0.15, 0.2) is 18.2 Å². The number of hydrogen-bond acceptors (Lipinski definition) is 1. The van der Waals surface area contributed by atoms with Crippen LogP contribution in [0.4, 0.5) is 13.2 Å². The Morgan fingerprint density at radius 2 is 2.00 bits per heavy atom. The quantitative estimate of drug-likeness (QED) is 0.714. The van der Waals surface area contributed by atoms with Crippen LogP contribution < -0.4 is 5.73 Å². The molecule has 0 saturated carbocycles. The van der Waals surface area contributed by atoms with E-state index in [0.717, 1.165) is 18.2 Å². The SMILES string of the molecule is NC(=O)c1c[c]c(C(F)(F)F)cc1. The average Bonchev–Trinajstić information content (AvgIpc) is 2.03. The molecular formula is C8H5F3NO. The first-order valence-electron chi connectivity index (χ1n) is 3.30. The van der Waals surface area contributed by atoms with Crippen LogP contribution in [0.1, 0.15) is 15.9 Å². The number of carbonyl (C=O) groups excluding carboxylic acids is 1. The van der Waals surface area contributed by atoms with E-state index in [2.05, 4.69) is 0 Å². The number of hydrogen-bond donors (Lipinski definition) is 1. The molecule has 0 atom stereocenters. The Morgan fingerprint density at radius 3 is 2.31 bits per heavy atom. The van der Waals surface area contributed by atoms with Crippen LogP contribution in [0.25, 0.3) is 0 Å². The molecule has 0 saturated heterocycles. The van der Waals surface area contributed by atoms with Crippen LogP contribution in [-0.2, 0) is 6.18 Å². The van der Waals surface area contributed by atoms with E-state index in [0.29, 0.717) is 0 Å². The fraction of sp³-hybridized carbons (Fsp3) is 0.125. The lowest BCUT2D eigenvalue weighted by Crippen LogP contribution is -2.12. The van der Waals surface area contributed by atoms with Crippen molar-refractivity contribution in [1.82, 2.24) is 0 Å². The molecule has 69 valence electrons. The minimum absolute atomic E-state index is 0.00741. The summed E-state index contributed by atoms with van der Waals surface area (Å²) in [7, 11) is 0. The predicted octanol–water partition coefficient (Wildman–Crippen LogP) is 1.60. The summed E-state index contributed by atoms with van der Waals surface area (Å²) >= 11 is 0. The van der Waals surface area contributed by atoms with Gasteiger partial charge in [0.1, 0.15) is 0 Å². The number of benzene rings is 1. The highest BCUT2D eigenvalue weighted by Gasteiger charge is 2.30. The average molecular weight is 188 g/mol.